The Kier molecular flexibility index (Phi) is 6.66. The summed E-state index contributed by atoms with van der Waals surface area (Å²) in [6.45, 7) is -3.11. The molecule has 1 aromatic carbocycles. The molecule has 1 atom stereocenters. The maximum atomic E-state index is 13.0. The molecule has 1 fully saturated rings. The van der Waals surface area contributed by atoms with Gasteiger partial charge in [-0.1, -0.05) is 42.5 Å². The fraction of sp³-hybridized carbons (Fsp3) is 0.381. The summed E-state index contributed by atoms with van der Waals surface area (Å²) in [5, 5.41) is 5.43. The number of alkyl halides is 2. The number of hydrogen-bond donors (Lipinski definition) is 2. The first-order valence-corrected chi connectivity index (χ1v) is 10.8. The van der Waals surface area contributed by atoms with Crippen LogP contribution >= 0.6 is 23.2 Å². The van der Waals surface area contributed by atoms with Gasteiger partial charge in [-0.15, -0.1) is 0 Å². The van der Waals surface area contributed by atoms with Crippen molar-refractivity contribution in [2.24, 2.45) is 5.92 Å². The summed E-state index contributed by atoms with van der Waals surface area (Å²) in [5.74, 6) is -1.55. The Morgan fingerprint density at radius 3 is 2.53 bits per heavy atom. The minimum atomic E-state index is -3.11. The predicted molar refractivity (Wildman–Crippen MR) is 115 cm³/mol. The molecule has 2 aliphatic rings. The van der Waals surface area contributed by atoms with E-state index >= 15 is 0 Å². The zero-order valence-corrected chi connectivity index (χ0v) is 18.2. The van der Waals surface area contributed by atoms with Crippen molar-refractivity contribution >= 4 is 46.4 Å². The molecule has 0 saturated heterocycles. The summed E-state index contributed by atoms with van der Waals surface area (Å²) < 4.78 is 36.4. The number of rotatable bonds is 5. The van der Waals surface area contributed by atoms with Crippen molar-refractivity contribution in [1.82, 2.24) is 4.98 Å². The van der Waals surface area contributed by atoms with Gasteiger partial charge in [0, 0.05) is 18.3 Å². The number of benzene rings is 1. The molecule has 1 aliphatic carbocycles. The lowest BCUT2D eigenvalue weighted by molar-refractivity contribution is -0.126. The second-order valence-electron chi connectivity index (χ2n) is 7.55. The number of ether oxygens (including phenoxy) is 2. The van der Waals surface area contributed by atoms with Crippen LogP contribution in [0.2, 0.25) is 10.0 Å². The van der Waals surface area contributed by atoms with E-state index in [0.29, 0.717) is 0 Å². The molecule has 2 heterocycles. The van der Waals surface area contributed by atoms with Gasteiger partial charge < -0.3 is 20.1 Å². The van der Waals surface area contributed by atoms with Crippen LogP contribution in [0.25, 0.3) is 0 Å². The molecule has 0 bridgehead atoms. The van der Waals surface area contributed by atoms with Crippen LogP contribution < -0.4 is 20.1 Å². The smallest absolute Gasteiger partial charge is 0.387 e. The Morgan fingerprint density at radius 2 is 1.88 bits per heavy atom. The van der Waals surface area contributed by atoms with Crippen molar-refractivity contribution in [3.05, 3.63) is 40.1 Å². The van der Waals surface area contributed by atoms with Crippen molar-refractivity contribution < 1.29 is 27.8 Å². The largest absolute Gasteiger partial charge is 0.474 e. The molecule has 2 N–H and O–H groups in total. The monoisotopic (exact) mass is 485 g/mol. The van der Waals surface area contributed by atoms with Gasteiger partial charge in [0.15, 0.2) is 17.6 Å². The number of fused-ring (bicyclic) bond motifs is 1. The topological polar surface area (TPSA) is 89.5 Å². The van der Waals surface area contributed by atoms with Gasteiger partial charge in [-0.3, -0.25) is 14.6 Å². The van der Waals surface area contributed by atoms with E-state index in [1.54, 1.807) is 0 Å². The van der Waals surface area contributed by atoms with Crippen LogP contribution in [-0.2, 0) is 4.79 Å². The Hall–Kier alpha value is -2.65. The van der Waals surface area contributed by atoms with Gasteiger partial charge in [-0.05, 0) is 25.0 Å². The molecule has 11 heteroatoms. The van der Waals surface area contributed by atoms with Gasteiger partial charge >= 0.3 is 6.61 Å². The van der Waals surface area contributed by atoms with E-state index in [-0.39, 0.29) is 44.4 Å². The molecule has 1 aliphatic heterocycles. The molecule has 2 amide bonds. The average molecular weight is 486 g/mol. The maximum Gasteiger partial charge on any atom is 0.387 e. The van der Waals surface area contributed by atoms with E-state index in [2.05, 4.69) is 20.4 Å². The normalized spacial score (nSPS) is 18.5. The highest BCUT2D eigenvalue weighted by molar-refractivity contribution is 6.39. The lowest BCUT2D eigenvalue weighted by Gasteiger charge is -2.34. The number of pyridine rings is 1. The molecule has 170 valence electrons. The number of halogens is 4. The predicted octanol–water partition coefficient (Wildman–Crippen LogP) is 5.52. The first-order chi connectivity index (χ1) is 15.3. The van der Waals surface area contributed by atoms with E-state index < -0.39 is 24.5 Å². The van der Waals surface area contributed by atoms with Crippen molar-refractivity contribution in [2.45, 2.75) is 44.8 Å². The zero-order chi connectivity index (χ0) is 22.8. The van der Waals surface area contributed by atoms with Gasteiger partial charge in [0.2, 0.25) is 0 Å². The van der Waals surface area contributed by atoms with Crippen LogP contribution in [0, 0.1) is 5.92 Å². The summed E-state index contributed by atoms with van der Waals surface area (Å²) in [4.78, 5) is 29.6. The number of aromatic nitrogens is 1. The lowest BCUT2D eigenvalue weighted by Crippen LogP contribution is -2.43. The van der Waals surface area contributed by atoms with Gasteiger partial charge in [-0.2, -0.15) is 8.78 Å². The van der Waals surface area contributed by atoms with Crippen LogP contribution in [0.4, 0.5) is 20.2 Å². The van der Waals surface area contributed by atoms with Gasteiger partial charge in [0.1, 0.15) is 5.69 Å². The lowest BCUT2D eigenvalue weighted by atomic mass is 9.84. The molecule has 0 radical (unpaired) electrons. The van der Waals surface area contributed by atoms with Crippen LogP contribution in [0.1, 0.15) is 42.5 Å². The molecule has 2 aromatic rings. The van der Waals surface area contributed by atoms with E-state index in [4.69, 9.17) is 27.9 Å². The summed E-state index contributed by atoms with van der Waals surface area (Å²) in [7, 11) is 0. The van der Waals surface area contributed by atoms with Crippen molar-refractivity contribution in [1.29, 1.82) is 0 Å². The second kappa shape index (κ2) is 9.46. The van der Waals surface area contributed by atoms with Crippen molar-refractivity contribution in [3.8, 4) is 11.5 Å². The van der Waals surface area contributed by atoms with Crippen molar-refractivity contribution in [2.75, 3.05) is 10.6 Å². The molecular weight excluding hydrogens is 467 g/mol. The highest BCUT2D eigenvalue weighted by atomic mass is 35.5. The second-order valence-corrected chi connectivity index (χ2v) is 8.37. The van der Waals surface area contributed by atoms with Crippen LogP contribution in [0.5, 0.6) is 11.5 Å². The highest BCUT2D eigenvalue weighted by Crippen LogP contribution is 2.44. The number of amides is 2. The van der Waals surface area contributed by atoms with E-state index in [9.17, 15) is 18.4 Å². The van der Waals surface area contributed by atoms with Gasteiger partial charge in [-0.25, -0.2) is 0 Å². The first-order valence-electron chi connectivity index (χ1n) is 10.0. The van der Waals surface area contributed by atoms with E-state index in [1.165, 1.54) is 24.5 Å². The quantitative estimate of drug-likeness (QED) is 0.581. The number of carbonyl (C=O) groups is 2. The molecule has 0 spiro atoms. The standard InChI is InChI=1S/C21H19Cl2F2N3O4/c22-12-8-26-9-13(23)16(12)28-19(29)11-6-7-14(31-21(24)25)18-15(11)27-20(30)17(32-18)10-4-2-1-3-5-10/h6-10,17,21H,1-5H2,(H,27,30)(H,26,28,29)/t17-/m0/s1. The number of nitrogens with one attached hydrogen (secondary N) is 2. The Bertz CT molecular complexity index is 1030. The highest BCUT2D eigenvalue weighted by Gasteiger charge is 2.38. The van der Waals surface area contributed by atoms with Gasteiger partial charge in [0.05, 0.1) is 21.3 Å². The molecular formula is C21H19Cl2F2N3O4. The third-order valence-corrected chi connectivity index (χ3v) is 6.08. The minimum absolute atomic E-state index is 0.0268. The van der Waals surface area contributed by atoms with Crippen molar-refractivity contribution in [3.63, 3.8) is 0 Å². The third-order valence-electron chi connectivity index (χ3n) is 5.50. The molecule has 4 rings (SSSR count). The Balaban J connectivity index is 1.69. The molecule has 1 aromatic heterocycles. The SMILES string of the molecule is O=C(Nc1c(Cl)cncc1Cl)c1ccc(OC(F)F)c2c1NC(=O)[C@H](C1CCCCC1)O2. The summed E-state index contributed by atoms with van der Waals surface area (Å²) in [6.07, 6.45) is 6.32. The fourth-order valence-corrected chi connectivity index (χ4v) is 4.48. The van der Waals surface area contributed by atoms with Crippen LogP contribution in [0.15, 0.2) is 24.5 Å². The van der Waals surface area contributed by atoms with Crippen LogP contribution in [-0.4, -0.2) is 29.5 Å². The minimum Gasteiger partial charge on any atom is -0.474 e. The number of carbonyl (C=O) groups excluding carboxylic acids is 2. The van der Waals surface area contributed by atoms with E-state index in [0.717, 1.165) is 32.1 Å². The average Bonchev–Trinajstić information content (AvgIpc) is 2.76. The van der Waals surface area contributed by atoms with Gasteiger partial charge in [0.25, 0.3) is 11.8 Å². The number of hydrogen-bond acceptors (Lipinski definition) is 5. The summed E-state index contributed by atoms with van der Waals surface area (Å²) in [6, 6.07) is 2.45. The molecule has 32 heavy (non-hydrogen) atoms. The third kappa shape index (κ3) is 4.59. The Labute approximate surface area is 192 Å². The van der Waals surface area contributed by atoms with Crippen LogP contribution in [0.3, 0.4) is 0 Å². The molecule has 0 unspecified atom stereocenters. The molecule has 7 nitrogen and oxygen atoms in total. The Morgan fingerprint density at radius 1 is 1.19 bits per heavy atom. The fourth-order valence-electron chi connectivity index (χ4n) is 4.02. The van der Waals surface area contributed by atoms with E-state index in [1.807, 2.05) is 0 Å². The summed E-state index contributed by atoms with van der Waals surface area (Å²) >= 11 is 12.1. The first kappa shape index (κ1) is 22.5. The summed E-state index contributed by atoms with van der Waals surface area (Å²) in [5.41, 5.74) is 0.0399. The zero-order valence-electron chi connectivity index (χ0n) is 16.7. The maximum absolute atomic E-state index is 13.0. The number of anilines is 2. The number of nitrogens with zero attached hydrogens (tertiary/aromatic N) is 1. The molecule has 1 saturated carbocycles.